The Bertz CT molecular complexity index is 419. The van der Waals surface area contributed by atoms with E-state index >= 15 is 0 Å². The largest absolute Gasteiger partial charge is 0.325 e. The maximum Gasteiger partial charge on any atom is 0.225 e. The number of nitrogens with one attached hydrogen (secondary N) is 1. The van der Waals surface area contributed by atoms with Crippen molar-refractivity contribution in [1.82, 2.24) is 0 Å². The molecule has 0 aliphatic carbocycles. The maximum atomic E-state index is 13.3. The molecular weight excluding hydrogens is 213 g/mol. The predicted molar refractivity (Wildman–Crippen MR) is 59.7 cm³/mol. The molecule has 1 aromatic carbocycles. The van der Waals surface area contributed by atoms with Crippen LogP contribution >= 0.6 is 11.8 Å². The molecule has 0 aromatic heterocycles. The van der Waals surface area contributed by atoms with Crippen molar-refractivity contribution >= 4 is 23.4 Å². The van der Waals surface area contributed by atoms with Gasteiger partial charge in [-0.3, -0.25) is 4.79 Å². The lowest BCUT2D eigenvalue weighted by atomic mass is 10.2. The van der Waals surface area contributed by atoms with Gasteiger partial charge in [-0.15, -0.1) is 11.8 Å². The van der Waals surface area contributed by atoms with Crippen LogP contribution in [-0.2, 0) is 4.79 Å². The minimum absolute atomic E-state index is 0.0444. The predicted octanol–water partition coefficient (Wildman–Crippen LogP) is 2.96. The topological polar surface area (TPSA) is 29.1 Å². The zero-order valence-corrected chi connectivity index (χ0v) is 9.45. The molecule has 4 heteroatoms. The number of thioether (sulfide) groups is 1. The smallest absolute Gasteiger partial charge is 0.225 e. The van der Waals surface area contributed by atoms with Crippen molar-refractivity contribution in [2.75, 3.05) is 5.32 Å². The monoisotopic (exact) mass is 225 g/mol. The third-order valence-corrected chi connectivity index (χ3v) is 3.50. The first-order chi connectivity index (χ1) is 7.06. The second-order valence-corrected chi connectivity index (χ2v) is 5.26. The molecule has 0 spiro atoms. The fourth-order valence-corrected chi connectivity index (χ4v) is 2.72. The van der Waals surface area contributed by atoms with Gasteiger partial charge in [0.25, 0.3) is 0 Å². The number of rotatable bonds is 0. The first-order valence-corrected chi connectivity index (χ1v) is 5.71. The highest BCUT2D eigenvalue weighted by Gasteiger charge is 2.19. The van der Waals surface area contributed by atoms with Crippen LogP contribution < -0.4 is 5.32 Å². The number of halogens is 1. The summed E-state index contributed by atoms with van der Waals surface area (Å²) in [7, 11) is 0. The summed E-state index contributed by atoms with van der Waals surface area (Å²) in [6, 6.07) is 3.19. The van der Waals surface area contributed by atoms with Gasteiger partial charge in [0.05, 0.1) is 5.69 Å². The molecule has 0 radical (unpaired) electrons. The van der Waals surface area contributed by atoms with Crippen LogP contribution in [0.25, 0.3) is 0 Å². The lowest BCUT2D eigenvalue weighted by Crippen LogP contribution is -2.13. The van der Waals surface area contributed by atoms with Crippen molar-refractivity contribution in [3.8, 4) is 0 Å². The quantitative estimate of drug-likeness (QED) is 0.735. The minimum atomic E-state index is -0.274. The number of aryl methyl sites for hydroxylation is 1. The van der Waals surface area contributed by atoms with E-state index in [1.54, 1.807) is 24.8 Å². The molecule has 1 aliphatic rings. The number of benzene rings is 1. The molecule has 1 aliphatic heterocycles. The second kappa shape index (κ2) is 3.85. The first-order valence-electron chi connectivity index (χ1n) is 4.83. The number of hydrogen-bond donors (Lipinski definition) is 1. The number of anilines is 1. The third-order valence-electron chi connectivity index (χ3n) is 2.34. The van der Waals surface area contributed by atoms with Crippen molar-refractivity contribution in [2.24, 2.45) is 0 Å². The van der Waals surface area contributed by atoms with Crippen LogP contribution in [0.2, 0.25) is 0 Å². The van der Waals surface area contributed by atoms with Gasteiger partial charge < -0.3 is 5.32 Å². The van der Waals surface area contributed by atoms with E-state index in [9.17, 15) is 9.18 Å². The fraction of sp³-hybridized carbons (Fsp3) is 0.364. The van der Waals surface area contributed by atoms with Gasteiger partial charge in [-0.25, -0.2) is 4.39 Å². The molecule has 1 N–H and O–H groups in total. The molecule has 1 heterocycles. The van der Waals surface area contributed by atoms with Gasteiger partial charge in [0, 0.05) is 16.6 Å². The third kappa shape index (κ3) is 2.15. The molecule has 1 aromatic rings. The highest BCUT2D eigenvalue weighted by atomic mass is 32.2. The average molecular weight is 225 g/mol. The van der Waals surface area contributed by atoms with Crippen molar-refractivity contribution in [1.29, 1.82) is 0 Å². The van der Waals surface area contributed by atoms with Crippen LogP contribution in [-0.4, -0.2) is 11.2 Å². The van der Waals surface area contributed by atoms with E-state index in [0.29, 0.717) is 17.7 Å². The number of amides is 1. The lowest BCUT2D eigenvalue weighted by molar-refractivity contribution is -0.116. The van der Waals surface area contributed by atoms with Gasteiger partial charge in [-0.05, 0) is 24.6 Å². The molecule has 1 atom stereocenters. The zero-order valence-electron chi connectivity index (χ0n) is 8.63. The molecule has 0 saturated heterocycles. The Morgan fingerprint density at radius 2 is 2.27 bits per heavy atom. The Morgan fingerprint density at radius 1 is 1.53 bits per heavy atom. The van der Waals surface area contributed by atoms with E-state index in [1.807, 2.05) is 6.92 Å². The van der Waals surface area contributed by atoms with Gasteiger partial charge in [0.2, 0.25) is 5.91 Å². The highest BCUT2D eigenvalue weighted by molar-refractivity contribution is 8.00. The second-order valence-electron chi connectivity index (χ2n) is 3.78. The van der Waals surface area contributed by atoms with Gasteiger partial charge in [0.1, 0.15) is 5.82 Å². The Labute approximate surface area is 92.3 Å². The Hall–Kier alpha value is -1.03. The molecule has 2 rings (SSSR count). The molecule has 0 fully saturated rings. The number of hydrogen-bond acceptors (Lipinski definition) is 2. The average Bonchev–Trinajstić information content (AvgIpc) is 2.24. The number of carbonyl (C=O) groups is 1. The summed E-state index contributed by atoms with van der Waals surface area (Å²) in [5.74, 6) is -0.318. The van der Waals surface area contributed by atoms with E-state index in [1.165, 1.54) is 6.07 Å². The number of fused-ring (bicyclic) bond motifs is 1. The van der Waals surface area contributed by atoms with Crippen LogP contribution in [0.15, 0.2) is 17.0 Å². The van der Waals surface area contributed by atoms with E-state index in [2.05, 4.69) is 5.32 Å². The fourth-order valence-electron chi connectivity index (χ4n) is 1.57. The molecular formula is C11H12FNOS. The maximum absolute atomic E-state index is 13.3. The molecule has 80 valence electrons. The summed E-state index contributed by atoms with van der Waals surface area (Å²) in [6.07, 6.45) is 0.472. The summed E-state index contributed by atoms with van der Waals surface area (Å²) in [5, 5.41) is 2.95. The zero-order chi connectivity index (χ0) is 11.0. The SMILES string of the molecule is Cc1cc2c(cc1F)NC(=O)CC(C)S2. The van der Waals surface area contributed by atoms with E-state index in [-0.39, 0.29) is 17.0 Å². The van der Waals surface area contributed by atoms with Crippen molar-refractivity contribution in [3.05, 3.63) is 23.5 Å². The molecule has 2 nitrogen and oxygen atoms in total. The van der Waals surface area contributed by atoms with E-state index < -0.39 is 0 Å². The summed E-state index contributed by atoms with van der Waals surface area (Å²) >= 11 is 1.61. The van der Waals surface area contributed by atoms with Gasteiger partial charge in [-0.2, -0.15) is 0 Å². The van der Waals surface area contributed by atoms with Crippen molar-refractivity contribution in [2.45, 2.75) is 30.4 Å². The summed E-state index contributed by atoms with van der Waals surface area (Å²) in [6.45, 7) is 3.73. The number of carbonyl (C=O) groups excluding carboxylic acids is 1. The van der Waals surface area contributed by atoms with Crippen LogP contribution in [0.1, 0.15) is 18.9 Å². The van der Waals surface area contributed by atoms with Gasteiger partial charge in [0.15, 0.2) is 0 Å². The summed E-state index contributed by atoms with van der Waals surface area (Å²) in [5.41, 5.74) is 1.21. The molecule has 1 unspecified atom stereocenters. The van der Waals surface area contributed by atoms with Gasteiger partial charge in [-0.1, -0.05) is 6.92 Å². The van der Waals surface area contributed by atoms with Gasteiger partial charge >= 0.3 is 0 Å². The molecule has 0 saturated carbocycles. The molecule has 1 amide bonds. The van der Waals surface area contributed by atoms with E-state index in [4.69, 9.17) is 0 Å². The Balaban J connectivity index is 2.46. The normalized spacial score (nSPS) is 20.5. The minimum Gasteiger partial charge on any atom is -0.325 e. The van der Waals surface area contributed by atoms with Crippen LogP contribution in [0.5, 0.6) is 0 Å². The molecule has 15 heavy (non-hydrogen) atoms. The van der Waals surface area contributed by atoms with E-state index in [0.717, 1.165) is 4.90 Å². The van der Waals surface area contributed by atoms with Crippen molar-refractivity contribution < 1.29 is 9.18 Å². The van der Waals surface area contributed by atoms with Crippen molar-refractivity contribution in [3.63, 3.8) is 0 Å². The summed E-state index contributed by atoms with van der Waals surface area (Å²) < 4.78 is 13.3. The highest BCUT2D eigenvalue weighted by Crippen LogP contribution is 2.36. The van der Waals surface area contributed by atoms with Crippen LogP contribution in [0.3, 0.4) is 0 Å². The van der Waals surface area contributed by atoms with Crippen LogP contribution in [0, 0.1) is 12.7 Å². The standard InChI is InChI=1S/C11H12FNOS/c1-6-3-10-9(5-8(6)12)13-11(14)4-7(2)15-10/h3,5,7H,4H2,1-2H3,(H,13,14). The molecule has 0 bridgehead atoms. The summed E-state index contributed by atoms with van der Waals surface area (Å²) in [4.78, 5) is 12.4. The lowest BCUT2D eigenvalue weighted by Gasteiger charge is -2.08. The first kappa shape index (κ1) is 10.5. The Morgan fingerprint density at radius 3 is 3.00 bits per heavy atom. The Kier molecular flexibility index (Phi) is 2.69. The van der Waals surface area contributed by atoms with Crippen LogP contribution in [0.4, 0.5) is 10.1 Å².